The SMILES string of the molecule is CC/C=C\C/C=C\C/C=C\C/C=C\C/C=C\C/C=C\CCC(=O)OC(COC(=O)CCCCCCCCCCCCCCCCCCCCCCCCCCCCC/C=C\C/C=C\CCCCCCC)COC(OCC[N+](C)(C)C)C(=O)[O-]. The summed E-state index contributed by atoms with van der Waals surface area (Å²) in [6.45, 7) is 4.55. The van der Waals surface area contributed by atoms with Gasteiger partial charge in [0.15, 0.2) is 12.4 Å². The van der Waals surface area contributed by atoms with Crippen molar-refractivity contribution >= 4 is 17.9 Å². The van der Waals surface area contributed by atoms with Crippen molar-refractivity contribution in [2.45, 2.75) is 309 Å². The summed E-state index contributed by atoms with van der Waals surface area (Å²) in [6.07, 6.45) is 85.3. The Morgan fingerprint density at radius 2 is 0.711 bits per heavy atom. The van der Waals surface area contributed by atoms with Crippen LogP contribution in [0.5, 0.6) is 0 Å². The lowest BCUT2D eigenvalue weighted by atomic mass is 10.0. The van der Waals surface area contributed by atoms with E-state index < -0.39 is 24.3 Å². The van der Waals surface area contributed by atoms with E-state index in [9.17, 15) is 19.5 Å². The van der Waals surface area contributed by atoms with Crippen LogP contribution in [-0.4, -0.2) is 82.3 Å². The Labute approximate surface area is 512 Å². The summed E-state index contributed by atoms with van der Waals surface area (Å²) < 4.78 is 22.6. The first-order valence-corrected chi connectivity index (χ1v) is 34.4. The van der Waals surface area contributed by atoms with Crippen LogP contribution in [0.4, 0.5) is 0 Å². The van der Waals surface area contributed by atoms with Crippen LogP contribution in [-0.2, 0) is 33.3 Å². The van der Waals surface area contributed by atoms with E-state index >= 15 is 0 Å². The third-order valence-electron chi connectivity index (χ3n) is 14.8. The first-order chi connectivity index (χ1) is 40.6. The zero-order valence-corrected chi connectivity index (χ0v) is 54.5. The van der Waals surface area contributed by atoms with Crippen LogP contribution in [0.15, 0.2) is 97.2 Å². The number of unbranched alkanes of at least 4 members (excludes halogenated alkanes) is 32. The molecule has 83 heavy (non-hydrogen) atoms. The Morgan fingerprint density at radius 1 is 0.373 bits per heavy atom. The first-order valence-electron chi connectivity index (χ1n) is 34.4. The largest absolute Gasteiger partial charge is 0.545 e. The van der Waals surface area contributed by atoms with Gasteiger partial charge in [-0.05, 0) is 83.5 Å². The predicted molar refractivity (Wildman–Crippen MR) is 352 cm³/mol. The van der Waals surface area contributed by atoms with E-state index in [4.69, 9.17) is 18.9 Å². The highest BCUT2D eigenvalue weighted by Gasteiger charge is 2.22. The highest BCUT2D eigenvalue weighted by Crippen LogP contribution is 2.18. The van der Waals surface area contributed by atoms with Crippen molar-refractivity contribution in [1.29, 1.82) is 0 Å². The number of rotatable bonds is 63. The molecule has 0 saturated carbocycles. The van der Waals surface area contributed by atoms with Gasteiger partial charge in [-0.1, -0.05) is 297 Å². The lowest BCUT2D eigenvalue weighted by Gasteiger charge is -2.26. The van der Waals surface area contributed by atoms with Gasteiger partial charge in [0, 0.05) is 12.8 Å². The molecular formula is C74H129NO8. The van der Waals surface area contributed by atoms with Gasteiger partial charge in [0.1, 0.15) is 13.2 Å². The molecule has 0 aliphatic heterocycles. The van der Waals surface area contributed by atoms with Gasteiger partial charge in [-0.3, -0.25) is 9.59 Å². The monoisotopic (exact) mass is 1160 g/mol. The van der Waals surface area contributed by atoms with Crippen LogP contribution in [0.2, 0.25) is 0 Å². The van der Waals surface area contributed by atoms with E-state index in [1.165, 1.54) is 199 Å². The molecule has 0 aliphatic carbocycles. The van der Waals surface area contributed by atoms with E-state index in [-0.39, 0.29) is 38.6 Å². The van der Waals surface area contributed by atoms with Crippen LogP contribution in [0.25, 0.3) is 0 Å². The summed E-state index contributed by atoms with van der Waals surface area (Å²) >= 11 is 0. The summed E-state index contributed by atoms with van der Waals surface area (Å²) in [7, 11) is 5.90. The number of carboxylic acids is 1. The highest BCUT2D eigenvalue weighted by molar-refractivity contribution is 5.70. The minimum absolute atomic E-state index is 0.120. The topological polar surface area (TPSA) is 111 Å². The fourth-order valence-electron chi connectivity index (χ4n) is 9.60. The van der Waals surface area contributed by atoms with Crippen LogP contribution in [0, 0.1) is 0 Å². The normalized spacial score (nSPS) is 13.3. The second-order valence-electron chi connectivity index (χ2n) is 24.1. The molecule has 0 spiro atoms. The molecule has 2 atom stereocenters. The maximum atomic E-state index is 12.8. The number of carboxylic acid groups (broad SMARTS) is 1. The Morgan fingerprint density at radius 3 is 1.07 bits per heavy atom. The van der Waals surface area contributed by atoms with Crippen LogP contribution in [0.1, 0.15) is 296 Å². The minimum atomic E-state index is -1.65. The number of likely N-dealkylation sites (N-methyl/N-ethyl adjacent to an activating group) is 1. The van der Waals surface area contributed by atoms with Gasteiger partial charge in [-0.15, -0.1) is 0 Å². The summed E-state index contributed by atoms with van der Waals surface area (Å²) in [5.74, 6) is -2.39. The summed E-state index contributed by atoms with van der Waals surface area (Å²) in [5.41, 5.74) is 0. The van der Waals surface area contributed by atoms with E-state index in [1.54, 1.807) is 0 Å². The molecule has 0 heterocycles. The Hall–Kier alpha value is -3.79. The van der Waals surface area contributed by atoms with Gasteiger partial charge in [0.05, 0.1) is 40.3 Å². The number of nitrogens with zero attached hydrogens (tertiary/aromatic N) is 1. The molecular weight excluding hydrogens is 1030 g/mol. The van der Waals surface area contributed by atoms with Crippen molar-refractivity contribution in [2.75, 3.05) is 47.5 Å². The van der Waals surface area contributed by atoms with Crippen LogP contribution < -0.4 is 5.11 Å². The van der Waals surface area contributed by atoms with Crippen molar-refractivity contribution in [3.8, 4) is 0 Å². The molecule has 0 aromatic rings. The average Bonchev–Trinajstić information content (AvgIpc) is 3.46. The molecule has 0 bridgehead atoms. The van der Waals surface area contributed by atoms with Crippen molar-refractivity contribution in [3.63, 3.8) is 0 Å². The molecule has 478 valence electrons. The number of hydrogen-bond acceptors (Lipinski definition) is 8. The second kappa shape index (κ2) is 64.2. The number of ether oxygens (including phenoxy) is 4. The quantitative estimate of drug-likeness (QED) is 0.0195. The smallest absolute Gasteiger partial charge is 0.306 e. The van der Waals surface area contributed by atoms with Gasteiger partial charge in [0.2, 0.25) is 0 Å². The molecule has 0 rings (SSSR count). The van der Waals surface area contributed by atoms with Crippen molar-refractivity contribution < 1.29 is 42.9 Å². The molecule has 0 saturated heterocycles. The second-order valence-corrected chi connectivity index (χ2v) is 24.1. The Kier molecular flexibility index (Phi) is 61.3. The number of allylic oxidation sites excluding steroid dienone is 16. The van der Waals surface area contributed by atoms with Gasteiger partial charge in [-0.2, -0.15) is 0 Å². The molecule has 2 unspecified atom stereocenters. The van der Waals surface area contributed by atoms with Gasteiger partial charge in [-0.25, -0.2) is 0 Å². The van der Waals surface area contributed by atoms with Crippen molar-refractivity contribution in [1.82, 2.24) is 0 Å². The molecule has 9 nitrogen and oxygen atoms in total. The van der Waals surface area contributed by atoms with Crippen molar-refractivity contribution in [2.24, 2.45) is 0 Å². The summed E-state index contributed by atoms with van der Waals surface area (Å²) in [6, 6.07) is 0. The number of carbonyl (C=O) groups is 3. The number of carbonyl (C=O) groups excluding carboxylic acids is 3. The van der Waals surface area contributed by atoms with Gasteiger partial charge < -0.3 is 33.3 Å². The molecule has 0 fully saturated rings. The molecule has 0 aliphatic rings. The molecule has 0 aromatic carbocycles. The van der Waals surface area contributed by atoms with Gasteiger partial charge >= 0.3 is 11.9 Å². The maximum Gasteiger partial charge on any atom is 0.306 e. The molecule has 0 aromatic heterocycles. The Balaban J connectivity index is 4.03. The van der Waals surface area contributed by atoms with Crippen molar-refractivity contribution in [3.05, 3.63) is 97.2 Å². The zero-order valence-electron chi connectivity index (χ0n) is 54.5. The minimum Gasteiger partial charge on any atom is -0.545 e. The number of esters is 2. The van der Waals surface area contributed by atoms with Gasteiger partial charge in [0.25, 0.3) is 0 Å². The fourth-order valence-corrected chi connectivity index (χ4v) is 9.60. The maximum absolute atomic E-state index is 12.8. The fraction of sp³-hybridized carbons (Fsp3) is 0.743. The third kappa shape index (κ3) is 65.6. The van der Waals surface area contributed by atoms with Crippen LogP contribution >= 0.6 is 0 Å². The number of hydrogen-bond donors (Lipinski definition) is 0. The molecule has 0 N–H and O–H groups in total. The summed E-state index contributed by atoms with van der Waals surface area (Å²) in [4.78, 5) is 37.3. The zero-order chi connectivity index (χ0) is 60.5. The first kappa shape index (κ1) is 79.2. The predicted octanol–water partition coefficient (Wildman–Crippen LogP) is 19.9. The highest BCUT2D eigenvalue weighted by atomic mass is 16.7. The van der Waals surface area contributed by atoms with E-state index in [0.717, 1.165) is 64.2 Å². The van der Waals surface area contributed by atoms with E-state index in [1.807, 2.05) is 33.3 Å². The lowest BCUT2D eigenvalue weighted by Crippen LogP contribution is -2.44. The standard InChI is InChI=1S/C74H129NO8/c1-6-8-10-12-14-16-18-20-22-24-26-27-28-29-30-31-32-33-34-35-36-37-38-39-40-41-42-43-44-45-47-48-50-52-54-56-58-60-62-64-71(76)81-68-70(69-82-74(73(78)79)80-67-66-75(3,4)5)83-72(77)65-63-61-59-57-55-53-51-49-46-25-23-21-19-17-15-13-11-9-7-2/h9,11,15,17-18,20-21,23-24,26,46,49,53,55,59,61,70,74H,6-8,10,12-14,16,19,22,25,27-45,47-48,50-52,54,56-58,60,62-69H2,1-5H3/b11-9-,17-15-,20-18-,23-21-,26-24-,49-46-,55-53-,61-59-. The summed E-state index contributed by atoms with van der Waals surface area (Å²) in [5, 5.41) is 11.8. The molecule has 0 amide bonds. The van der Waals surface area contributed by atoms with Crippen LogP contribution in [0.3, 0.4) is 0 Å². The number of aliphatic carboxylic acids is 1. The van der Waals surface area contributed by atoms with E-state index in [0.29, 0.717) is 17.4 Å². The average molecular weight is 1160 g/mol. The third-order valence-corrected chi connectivity index (χ3v) is 14.8. The molecule has 0 radical (unpaired) electrons. The molecule has 9 heteroatoms. The lowest BCUT2D eigenvalue weighted by molar-refractivity contribution is -0.870. The Bertz CT molecular complexity index is 1680. The van der Waals surface area contributed by atoms with E-state index in [2.05, 4.69) is 98.9 Å². The number of quaternary nitrogens is 1.